The maximum Gasteiger partial charge on any atom is 0.252 e. The van der Waals surface area contributed by atoms with Gasteiger partial charge in [-0.3, -0.25) is 9.78 Å². The van der Waals surface area contributed by atoms with Crippen molar-refractivity contribution in [1.82, 2.24) is 15.6 Å². The Morgan fingerprint density at radius 3 is 2.85 bits per heavy atom. The molecule has 1 aromatic heterocycles. The highest BCUT2D eigenvalue weighted by molar-refractivity contribution is 5.94. The topological polar surface area (TPSA) is 63.2 Å². The van der Waals surface area contributed by atoms with Crippen LogP contribution < -0.4 is 10.6 Å². The van der Waals surface area contributed by atoms with E-state index in [1.165, 1.54) is 0 Å². The Hall–Kier alpha value is -1.46. The van der Waals surface area contributed by atoms with E-state index in [-0.39, 0.29) is 11.3 Å². The van der Waals surface area contributed by atoms with Crippen molar-refractivity contribution in [2.75, 3.05) is 33.4 Å². The number of hydrogen-bond acceptors (Lipinski definition) is 4. The van der Waals surface area contributed by atoms with E-state index in [1.807, 2.05) is 13.0 Å². The Bertz CT molecular complexity index is 451. The third-order valence-corrected chi connectivity index (χ3v) is 3.88. The van der Waals surface area contributed by atoms with Crippen molar-refractivity contribution in [3.05, 3.63) is 29.6 Å². The van der Waals surface area contributed by atoms with Crippen molar-refractivity contribution in [3.8, 4) is 0 Å². The Labute approximate surface area is 120 Å². The molecule has 5 nitrogen and oxygen atoms in total. The fraction of sp³-hybridized carbons (Fsp3) is 0.600. The van der Waals surface area contributed by atoms with E-state index >= 15 is 0 Å². The molecule has 1 saturated heterocycles. The highest BCUT2D eigenvalue weighted by Crippen LogP contribution is 2.28. The number of aromatic nitrogens is 1. The second-order valence-electron chi connectivity index (χ2n) is 5.62. The average molecular weight is 277 g/mol. The predicted octanol–water partition coefficient (Wildman–Crippen LogP) is 1.14. The second-order valence-corrected chi connectivity index (χ2v) is 5.62. The van der Waals surface area contributed by atoms with E-state index in [0.29, 0.717) is 18.7 Å². The highest BCUT2D eigenvalue weighted by atomic mass is 16.5. The van der Waals surface area contributed by atoms with E-state index in [1.54, 1.807) is 19.5 Å². The molecule has 1 aliphatic rings. The SMILES string of the molecule is COCC1(CNC(=O)c2cncc(C)c2)CCNCC1. The zero-order chi connectivity index (χ0) is 14.4. The summed E-state index contributed by atoms with van der Waals surface area (Å²) in [5, 5.41) is 6.38. The predicted molar refractivity (Wildman–Crippen MR) is 77.7 cm³/mol. The van der Waals surface area contributed by atoms with Gasteiger partial charge in [0.15, 0.2) is 0 Å². The number of carbonyl (C=O) groups is 1. The van der Waals surface area contributed by atoms with Crippen LogP contribution in [0.25, 0.3) is 0 Å². The summed E-state index contributed by atoms with van der Waals surface area (Å²) >= 11 is 0. The van der Waals surface area contributed by atoms with Crippen LogP contribution in [0.1, 0.15) is 28.8 Å². The summed E-state index contributed by atoms with van der Waals surface area (Å²) in [6, 6.07) is 1.85. The summed E-state index contributed by atoms with van der Waals surface area (Å²) in [6.45, 7) is 5.22. The lowest BCUT2D eigenvalue weighted by molar-refractivity contribution is 0.0511. The number of aryl methyl sites for hydroxylation is 1. The van der Waals surface area contributed by atoms with Crippen LogP contribution in [0.4, 0.5) is 0 Å². The van der Waals surface area contributed by atoms with Gasteiger partial charge in [-0.2, -0.15) is 0 Å². The molecule has 0 aromatic carbocycles. The number of amides is 1. The third kappa shape index (κ3) is 3.77. The minimum absolute atomic E-state index is 0.0485. The van der Waals surface area contributed by atoms with Crippen LogP contribution in [-0.4, -0.2) is 44.2 Å². The molecule has 0 aliphatic carbocycles. The first-order valence-corrected chi connectivity index (χ1v) is 7.05. The van der Waals surface area contributed by atoms with E-state index in [0.717, 1.165) is 31.5 Å². The molecule has 2 N–H and O–H groups in total. The van der Waals surface area contributed by atoms with Gasteiger partial charge in [0, 0.05) is 31.5 Å². The Balaban J connectivity index is 1.96. The van der Waals surface area contributed by atoms with Crippen LogP contribution in [0, 0.1) is 12.3 Å². The van der Waals surface area contributed by atoms with Crippen LogP contribution in [0.15, 0.2) is 18.5 Å². The molecule has 110 valence electrons. The summed E-state index contributed by atoms with van der Waals surface area (Å²) in [7, 11) is 1.72. The molecule has 1 aliphatic heterocycles. The standard InChI is InChI=1S/C15H23N3O2/c1-12-7-13(9-17-8-12)14(19)18-10-15(11-20-2)3-5-16-6-4-15/h7-9,16H,3-6,10-11H2,1-2H3,(H,18,19). The monoisotopic (exact) mass is 277 g/mol. The summed E-state index contributed by atoms with van der Waals surface area (Å²) in [5.41, 5.74) is 1.66. The number of ether oxygens (including phenoxy) is 1. The number of hydrogen-bond donors (Lipinski definition) is 2. The first-order chi connectivity index (χ1) is 9.65. The maximum absolute atomic E-state index is 12.2. The maximum atomic E-state index is 12.2. The Morgan fingerprint density at radius 1 is 1.45 bits per heavy atom. The smallest absolute Gasteiger partial charge is 0.252 e. The Kier molecular flexibility index (Phi) is 5.09. The summed E-state index contributed by atoms with van der Waals surface area (Å²) in [4.78, 5) is 16.2. The number of nitrogens with one attached hydrogen (secondary N) is 2. The molecule has 0 saturated carbocycles. The quantitative estimate of drug-likeness (QED) is 0.847. The molecule has 20 heavy (non-hydrogen) atoms. The van der Waals surface area contributed by atoms with E-state index in [4.69, 9.17) is 4.74 Å². The molecule has 1 amide bonds. The van der Waals surface area contributed by atoms with Gasteiger partial charge in [-0.1, -0.05) is 0 Å². The van der Waals surface area contributed by atoms with Crippen molar-refractivity contribution in [1.29, 1.82) is 0 Å². The molecule has 0 atom stereocenters. The number of piperidine rings is 1. The van der Waals surface area contributed by atoms with Crippen molar-refractivity contribution >= 4 is 5.91 Å². The lowest BCUT2D eigenvalue weighted by Gasteiger charge is -2.37. The average Bonchev–Trinajstić information content (AvgIpc) is 2.46. The lowest BCUT2D eigenvalue weighted by Crippen LogP contribution is -2.47. The number of nitrogens with zero attached hydrogens (tertiary/aromatic N) is 1. The van der Waals surface area contributed by atoms with Gasteiger partial charge < -0.3 is 15.4 Å². The van der Waals surface area contributed by atoms with Crippen molar-refractivity contribution < 1.29 is 9.53 Å². The van der Waals surface area contributed by atoms with Gasteiger partial charge in [0.05, 0.1) is 12.2 Å². The second kappa shape index (κ2) is 6.81. The fourth-order valence-corrected chi connectivity index (χ4v) is 2.68. The zero-order valence-corrected chi connectivity index (χ0v) is 12.2. The number of pyridine rings is 1. The summed E-state index contributed by atoms with van der Waals surface area (Å²) in [6.07, 6.45) is 5.39. The molecule has 2 rings (SSSR count). The molecule has 0 unspecified atom stereocenters. The van der Waals surface area contributed by atoms with Gasteiger partial charge in [-0.15, -0.1) is 0 Å². The van der Waals surface area contributed by atoms with E-state index in [2.05, 4.69) is 15.6 Å². The lowest BCUT2D eigenvalue weighted by atomic mass is 9.79. The van der Waals surface area contributed by atoms with Gasteiger partial charge in [0.25, 0.3) is 5.91 Å². The highest BCUT2D eigenvalue weighted by Gasteiger charge is 2.32. The van der Waals surface area contributed by atoms with Crippen molar-refractivity contribution in [2.45, 2.75) is 19.8 Å². The molecule has 1 fully saturated rings. The molecule has 1 aromatic rings. The molecule has 0 bridgehead atoms. The van der Waals surface area contributed by atoms with Crippen molar-refractivity contribution in [2.24, 2.45) is 5.41 Å². The van der Waals surface area contributed by atoms with Crippen LogP contribution >= 0.6 is 0 Å². The van der Waals surface area contributed by atoms with Crippen LogP contribution in [-0.2, 0) is 4.74 Å². The minimum atomic E-state index is -0.0600. The number of methoxy groups -OCH3 is 1. The molecule has 5 heteroatoms. The first-order valence-electron chi connectivity index (χ1n) is 7.05. The van der Waals surface area contributed by atoms with Crippen LogP contribution in [0.3, 0.4) is 0 Å². The minimum Gasteiger partial charge on any atom is -0.384 e. The van der Waals surface area contributed by atoms with Gasteiger partial charge in [-0.05, 0) is 44.5 Å². The number of rotatable bonds is 5. The molecular weight excluding hydrogens is 254 g/mol. The van der Waals surface area contributed by atoms with Crippen LogP contribution in [0.5, 0.6) is 0 Å². The van der Waals surface area contributed by atoms with Gasteiger partial charge in [0.1, 0.15) is 0 Å². The van der Waals surface area contributed by atoms with E-state index < -0.39 is 0 Å². The molecule has 0 radical (unpaired) electrons. The fourth-order valence-electron chi connectivity index (χ4n) is 2.68. The van der Waals surface area contributed by atoms with Gasteiger partial charge in [-0.25, -0.2) is 0 Å². The molecule has 2 heterocycles. The first kappa shape index (κ1) is 14.9. The van der Waals surface area contributed by atoms with Crippen molar-refractivity contribution in [3.63, 3.8) is 0 Å². The summed E-state index contributed by atoms with van der Waals surface area (Å²) < 4.78 is 5.35. The largest absolute Gasteiger partial charge is 0.384 e. The summed E-state index contributed by atoms with van der Waals surface area (Å²) in [5.74, 6) is -0.0600. The third-order valence-electron chi connectivity index (χ3n) is 3.88. The van der Waals surface area contributed by atoms with E-state index in [9.17, 15) is 4.79 Å². The number of carbonyl (C=O) groups excluding carboxylic acids is 1. The van der Waals surface area contributed by atoms with Gasteiger partial charge in [0.2, 0.25) is 0 Å². The normalized spacial score (nSPS) is 17.7. The molecular formula is C15H23N3O2. The van der Waals surface area contributed by atoms with Crippen LogP contribution in [0.2, 0.25) is 0 Å². The molecule has 0 spiro atoms. The van der Waals surface area contributed by atoms with Gasteiger partial charge >= 0.3 is 0 Å². The Morgan fingerprint density at radius 2 is 2.20 bits per heavy atom. The zero-order valence-electron chi connectivity index (χ0n) is 12.2.